The molecular formula is C14H20FNS. The maximum absolute atomic E-state index is 13.8. The molecule has 1 saturated carbocycles. The lowest BCUT2D eigenvalue weighted by molar-refractivity contribution is 0.591. The predicted molar refractivity (Wildman–Crippen MR) is 71.8 cm³/mol. The highest BCUT2D eigenvalue weighted by Gasteiger charge is 2.17. The third kappa shape index (κ3) is 3.46. The van der Waals surface area contributed by atoms with E-state index < -0.39 is 0 Å². The number of nitrogens with one attached hydrogen (secondary N) is 1. The molecule has 0 aromatic heterocycles. The summed E-state index contributed by atoms with van der Waals surface area (Å²) < 4.78 is 13.8. The maximum atomic E-state index is 13.8. The molecule has 3 heteroatoms. The molecule has 0 bridgehead atoms. The normalized spacial score (nSPS) is 16.6. The van der Waals surface area contributed by atoms with Gasteiger partial charge >= 0.3 is 0 Å². The molecule has 1 aliphatic carbocycles. The van der Waals surface area contributed by atoms with Crippen molar-refractivity contribution >= 4 is 11.8 Å². The Bertz CT molecular complexity index is 361. The summed E-state index contributed by atoms with van der Waals surface area (Å²) >= 11 is 1.70. The van der Waals surface area contributed by atoms with Gasteiger partial charge in [0, 0.05) is 17.2 Å². The fourth-order valence-electron chi connectivity index (χ4n) is 2.42. The molecule has 1 N–H and O–H groups in total. The molecule has 1 nitrogen and oxygen atoms in total. The summed E-state index contributed by atoms with van der Waals surface area (Å²) in [5, 5.41) is 3.10. The van der Waals surface area contributed by atoms with E-state index in [1.54, 1.807) is 23.9 Å². The molecule has 1 aromatic rings. The van der Waals surface area contributed by atoms with E-state index in [1.807, 2.05) is 13.1 Å². The van der Waals surface area contributed by atoms with Gasteiger partial charge in [0.15, 0.2) is 0 Å². The van der Waals surface area contributed by atoms with E-state index in [2.05, 4.69) is 5.32 Å². The summed E-state index contributed by atoms with van der Waals surface area (Å²) in [6.45, 7) is 0.741. The highest BCUT2D eigenvalue weighted by molar-refractivity contribution is 7.99. The fraction of sp³-hybridized carbons (Fsp3) is 0.571. The van der Waals surface area contributed by atoms with E-state index >= 15 is 0 Å². The molecule has 0 amide bonds. The zero-order chi connectivity index (χ0) is 12.1. The van der Waals surface area contributed by atoms with Crippen molar-refractivity contribution in [2.24, 2.45) is 5.92 Å². The molecule has 1 aliphatic rings. The van der Waals surface area contributed by atoms with Gasteiger partial charge in [-0.15, -0.1) is 11.8 Å². The minimum Gasteiger partial charge on any atom is -0.316 e. The summed E-state index contributed by atoms with van der Waals surface area (Å²) in [7, 11) is 1.90. The van der Waals surface area contributed by atoms with Gasteiger partial charge in [-0.05, 0) is 37.4 Å². The fourth-order valence-corrected chi connectivity index (χ4v) is 3.69. The van der Waals surface area contributed by atoms with Gasteiger partial charge in [-0.1, -0.05) is 25.0 Å². The first-order chi connectivity index (χ1) is 8.31. The third-order valence-electron chi connectivity index (χ3n) is 3.35. The zero-order valence-corrected chi connectivity index (χ0v) is 11.2. The van der Waals surface area contributed by atoms with E-state index in [0.29, 0.717) is 0 Å². The van der Waals surface area contributed by atoms with Crippen molar-refractivity contribution in [3.05, 3.63) is 29.6 Å². The first-order valence-electron chi connectivity index (χ1n) is 6.36. The lowest BCUT2D eigenvalue weighted by Crippen LogP contribution is -2.07. The molecule has 0 aliphatic heterocycles. The number of hydrogen-bond acceptors (Lipinski definition) is 2. The minimum atomic E-state index is -0.0688. The van der Waals surface area contributed by atoms with Crippen LogP contribution < -0.4 is 5.32 Å². The second kappa shape index (κ2) is 6.41. The average molecular weight is 253 g/mol. The Hall–Kier alpha value is -0.540. The molecule has 1 fully saturated rings. The van der Waals surface area contributed by atoms with Crippen LogP contribution >= 0.6 is 11.8 Å². The summed E-state index contributed by atoms with van der Waals surface area (Å²) in [6, 6.07) is 5.37. The van der Waals surface area contributed by atoms with Gasteiger partial charge in [0.1, 0.15) is 5.82 Å². The summed E-state index contributed by atoms with van der Waals surface area (Å²) in [6.07, 6.45) is 5.35. The van der Waals surface area contributed by atoms with Crippen LogP contribution in [-0.2, 0) is 6.54 Å². The van der Waals surface area contributed by atoms with Gasteiger partial charge in [0.25, 0.3) is 0 Å². The largest absolute Gasteiger partial charge is 0.316 e. The van der Waals surface area contributed by atoms with Gasteiger partial charge in [-0.3, -0.25) is 0 Å². The Morgan fingerprint density at radius 3 is 2.82 bits per heavy atom. The second-order valence-corrected chi connectivity index (χ2v) is 5.75. The third-order valence-corrected chi connectivity index (χ3v) is 4.74. The van der Waals surface area contributed by atoms with Gasteiger partial charge in [-0.25, -0.2) is 4.39 Å². The molecule has 2 rings (SSSR count). The Morgan fingerprint density at radius 1 is 1.35 bits per heavy atom. The van der Waals surface area contributed by atoms with Crippen molar-refractivity contribution in [1.82, 2.24) is 5.32 Å². The molecular weight excluding hydrogens is 233 g/mol. The van der Waals surface area contributed by atoms with Crippen LogP contribution in [0.3, 0.4) is 0 Å². The Morgan fingerprint density at radius 2 is 2.12 bits per heavy atom. The summed E-state index contributed by atoms with van der Waals surface area (Å²) in [4.78, 5) is 0.841. The first kappa shape index (κ1) is 12.9. The van der Waals surface area contributed by atoms with Crippen molar-refractivity contribution in [2.75, 3.05) is 12.8 Å². The van der Waals surface area contributed by atoms with E-state index in [9.17, 15) is 4.39 Å². The van der Waals surface area contributed by atoms with Gasteiger partial charge in [0.05, 0.1) is 0 Å². The van der Waals surface area contributed by atoms with Gasteiger partial charge in [-0.2, -0.15) is 0 Å². The highest BCUT2D eigenvalue weighted by Crippen LogP contribution is 2.33. The minimum absolute atomic E-state index is 0.0688. The molecule has 94 valence electrons. The van der Waals surface area contributed by atoms with Gasteiger partial charge < -0.3 is 5.32 Å². The average Bonchev–Trinajstić information content (AvgIpc) is 2.82. The molecule has 0 unspecified atom stereocenters. The molecule has 0 heterocycles. The van der Waals surface area contributed by atoms with Crippen molar-refractivity contribution in [3.63, 3.8) is 0 Å². The number of hydrogen-bond donors (Lipinski definition) is 1. The van der Waals surface area contributed by atoms with E-state index in [0.717, 1.165) is 28.7 Å². The van der Waals surface area contributed by atoms with Crippen molar-refractivity contribution < 1.29 is 4.39 Å². The zero-order valence-electron chi connectivity index (χ0n) is 10.3. The quantitative estimate of drug-likeness (QED) is 0.800. The molecule has 0 spiro atoms. The first-order valence-corrected chi connectivity index (χ1v) is 7.34. The van der Waals surface area contributed by atoms with E-state index in [-0.39, 0.29) is 5.82 Å². The topological polar surface area (TPSA) is 12.0 Å². The van der Waals surface area contributed by atoms with Crippen LogP contribution in [0.25, 0.3) is 0 Å². The van der Waals surface area contributed by atoms with Crippen molar-refractivity contribution in [1.29, 1.82) is 0 Å². The molecule has 0 atom stereocenters. The van der Waals surface area contributed by atoms with Crippen LogP contribution in [-0.4, -0.2) is 12.8 Å². The van der Waals surface area contributed by atoms with Crippen LogP contribution in [0.15, 0.2) is 23.1 Å². The number of thioether (sulfide) groups is 1. The number of benzene rings is 1. The summed E-state index contributed by atoms with van der Waals surface area (Å²) in [5.41, 5.74) is 1.08. The van der Waals surface area contributed by atoms with Crippen LogP contribution in [0, 0.1) is 11.7 Å². The van der Waals surface area contributed by atoms with Crippen molar-refractivity contribution in [2.45, 2.75) is 37.1 Å². The summed E-state index contributed by atoms with van der Waals surface area (Å²) in [5.74, 6) is 1.79. The molecule has 1 aromatic carbocycles. The maximum Gasteiger partial charge on any atom is 0.137 e. The van der Waals surface area contributed by atoms with Crippen LogP contribution in [0.2, 0.25) is 0 Å². The molecule has 0 radical (unpaired) electrons. The molecule has 17 heavy (non-hydrogen) atoms. The van der Waals surface area contributed by atoms with Gasteiger partial charge in [0.2, 0.25) is 0 Å². The SMILES string of the molecule is CNCc1cccc(F)c1SCC1CCCC1. The lowest BCUT2D eigenvalue weighted by atomic mass is 10.1. The van der Waals surface area contributed by atoms with Crippen molar-refractivity contribution in [3.8, 4) is 0 Å². The van der Waals surface area contributed by atoms with Crippen LogP contribution in [0.5, 0.6) is 0 Å². The van der Waals surface area contributed by atoms with Crippen LogP contribution in [0.4, 0.5) is 4.39 Å². The smallest absolute Gasteiger partial charge is 0.137 e. The molecule has 0 saturated heterocycles. The lowest BCUT2D eigenvalue weighted by Gasteiger charge is -2.12. The monoisotopic (exact) mass is 253 g/mol. The standard InChI is InChI=1S/C14H20FNS/c1-16-9-12-7-4-8-13(15)14(12)17-10-11-5-2-3-6-11/h4,7-8,11,16H,2-3,5-6,9-10H2,1H3. The Labute approximate surface area is 107 Å². The predicted octanol–water partition coefficient (Wildman–Crippen LogP) is 3.83. The number of rotatable bonds is 5. The highest BCUT2D eigenvalue weighted by atomic mass is 32.2. The Balaban J connectivity index is 2.02. The van der Waals surface area contributed by atoms with E-state index in [1.165, 1.54) is 25.7 Å². The number of halogens is 1. The second-order valence-electron chi connectivity index (χ2n) is 4.72. The Kier molecular flexibility index (Phi) is 4.86. The van der Waals surface area contributed by atoms with E-state index in [4.69, 9.17) is 0 Å². The van der Waals surface area contributed by atoms with Crippen LogP contribution in [0.1, 0.15) is 31.2 Å².